The van der Waals surface area contributed by atoms with E-state index >= 15 is 0 Å². The summed E-state index contributed by atoms with van der Waals surface area (Å²) in [4.78, 5) is 4.25. The van der Waals surface area contributed by atoms with Gasteiger partial charge in [-0.25, -0.2) is 4.98 Å². The van der Waals surface area contributed by atoms with Crippen LogP contribution >= 0.6 is 61.8 Å². The summed E-state index contributed by atoms with van der Waals surface area (Å²) < 4.78 is 2.22. The van der Waals surface area contributed by atoms with Gasteiger partial charge in [0.25, 0.3) is 0 Å². The molecule has 0 aromatic carbocycles. The lowest BCUT2D eigenvalue weighted by Gasteiger charge is -1.89. The molecular formula is C7H2BrCl2NS2. The van der Waals surface area contributed by atoms with Crippen molar-refractivity contribution in [3.05, 3.63) is 24.0 Å². The van der Waals surface area contributed by atoms with Gasteiger partial charge in [0.15, 0.2) is 3.92 Å². The van der Waals surface area contributed by atoms with Crippen LogP contribution in [0.15, 0.2) is 15.4 Å². The molecule has 0 aliphatic rings. The average Bonchev–Trinajstić information content (AvgIpc) is 2.58. The minimum atomic E-state index is 0.683. The fourth-order valence-corrected chi connectivity index (χ4v) is 3.38. The number of thiophene rings is 1. The third-order valence-electron chi connectivity index (χ3n) is 1.41. The lowest BCUT2D eigenvalue weighted by molar-refractivity contribution is 1.38. The van der Waals surface area contributed by atoms with E-state index in [1.807, 2.05) is 11.4 Å². The summed E-state index contributed by atoms with van der Waals surface area (Å²) in [5.74, 6) is 0. The molecule has 0 atom stereocenters. The number of rotatable bonds is 1. The largest absolute Gasteiger partial charge is 0.229 e. The topological polar surface area (TPSA) is 12.9 Å². The summed E-state index contributed by atoms with van der Waals surface area (Å²) >= 11 is 18.0. The second kappa shape index (κ2) is 3.87. The highest BCUT2D eigenvalue weighted by molar-refractivity contribution is 9.11. The Kier molecular flexibility index (Phi) is 2.95. The van der Waals surface area contributed by atoms with Gasteiger partial charge in [-0.2, -0.15) is 0 Å². The third kappa shape index (κ3) is 2.07. The van der Waals surface area contributed by atoms with E-state index in [1.165, 1.54) is 22.7 Å². The fraction of sp³-hybridized carbons (Fsp3) is 0. The maximum atomic E-state index is 5.97. The molecule has 0 N–H and O–H groups in total. The Morgan fingerprint density at radius 1 is 1.38 bits per heavy atom. The van der Waals surface area contributed by atoms with Gasteiger partial charge in [-0.15, -0.1) is 22.7 Å². The van der Waals surface area contributed by atoms with Crippen LogP contribution in [0.3, 0.4) is 0 Å². The zero-order valence-electron chi connectivity index (χ0n) is 6.05. The van der Waals surface area contributed by atoms with Crippen molar-refractivity contribution in [1.29, 1.82) is 0 Å². The molecule has 0 fully saturated rings. The Morgan fingerprint density at radius 2 is 2.15 bits per heavy atom. The summed E-state index contributed by atoms with van der Waals surface area (Å²) in [5.41, 5.74) is 1.77. The number of thiazole rings is 1. The van der Waals surface area contributed by atoms with Gasteiger partial charge >= 0.3 is 0 Å². The molecule has 0 unspecified atom stereocenters. The molecule has 0 bridgehead atoms. The number of halogens is 3. The zero-order valence-corrected chi connectivity index (χ0v) is 10.8. The average molecular weight is 315 g/mol. The Hall–Kier alpha value is 0.390. The van der Waals surface area contributed by atoms with Gasteiger partial charge in [0, 0.05) is 10.9 Å². The minimum Gasteiger partial charge on any atom is -0.229 e. The Balaban J connectivity index is 2.51. The van der Waals surface area contributed by atoms with Gasteiger partial charge in [-0.3, -0.25) is 0 Å². The van der Waals surface area contributed by atoms with Crippen molar-refractivity contribution in [2.75, 3.05) is 0 Å². The molecule has 68 valence electrons. The molecule has 13 heavy (non-hydrogen) atoms. The van der Waals surface area contributed by atoms with Crippen LogP contribution in [0.5, 0.6) is 0 Å². The molecule has 6 heteroatoms. The van der Waals surface area contributed by atoms with Gasteiger partial charge in [-0.1, -0.05) is 23.2 Å². The van der Waals surface area contributed by atoms with Crippen molar-refractivity contribution in [1.82, 2.24) is 4.98 Å². The van der Waals surface area contributed by atoms with Gasteiger partial charge in [0.1, 0.15) is 4.34 Å². The van der Waals surface area contributed by atoms with Crippen LogP contribution in [0.4, 0.5) is 0 Å². The first-order chi connectivity index (χ1) is 6.16. The van der Waals surface area contributed by atoms with E-state index in [1.54, 1.807) is 0 Å². The van der Waals surface area contributed by atoms with Gasteiger partial charge < -0.3 is 0 Å². The predicted molar refractivity (Wildman–Crippen MR) is 63.1 cm³/mol. The molecule has 0 amide bonds. The molecular weight excluding hydrogens is 313 g/mol. The quantitative estimate of drug-likeness (QED) is 0.726. The van der Waals surface area contributed by atoms with Crippen LogP contribution in [-0.2, 0) is 0 Å². The standard InChI is InChI=1S/C7H2BrCl2NS2/c8-7-11-4(2-12-7)3-1-5(9)13-6(3)10/h1-2H. The van der Waals surface area contributed by atoms with Gasteiger partial charge in [-0.05, 0) is 22.0 Å². The first-order valence-corrected chi connectivity index (χ1v) is 6.47. The van der Waals surface area contributed by atoms with Crippen molar-refractivity contribution < 1.29 is 0 Å². The first kappa shape index (κ1) is 9.93. The van der Waals surface area contributed by atoms with Crippen LogP contribution in [0.2, 0.25) is 8.67 Å². The molecule has 0 spiro atoms. The van der Waals surface area contributed by atoms with E-state index in [-0.39, 0.29) is 0 Å². The molecule has 1 nitrogen and oxygen atoms in total. The number of hydrogen-bond acceptors (Lipinski definition) is 3. The molecule has 0 saturated carbocycles. The molecule has 2 aromatic rings. The van der Waals surface area contributed by atoms with Crippen molar-refractivity contribution in [3.63, 3.8) is 0 Å². The highest BCUT2D eigenvalue weighted by atomic mass is 79.9. The van der Waals surface area contributed by atoms with Gasteiger partial charge in [0.05, 0.1) is 10.0 Å². The van der Waals surface area contributed by atoms with E-state index < -0.39 is 0 Å². The molecule has 0 aliphatic carbocycles. The fourth-order valence-electron chi connectivity index (χ4n) is 0.890. The Labute approximate surface area is 101 Å². The minimum absolute atomic E-state index is 0.683. The maximum absolute atomic E-state index is 5.97. The molecule has 0 aliphatic heterocycles. The number of aromatic nitrogens is 1. The highest BCUT2D eigenvalue weighted by Crippen LogP contribution is 2.38. The zero-order chi connectivity index (χ0) is 9.42. The number of nitrogens with zero attached hydrogens (tertiary/aromatic N) is 1. The SMILES string of the molecule is Clc1cc(-c2csc(Br)n2)c(Cl)s1. The predicted octanol–water partition coefficient (Wildman–Crippen LogP) is 4.94. The van der Waals surface area contributed by atoms with Crippen LogP contribution < -0.4 is 0 Å². The summed E-state index contributed by atoms with van der Waals surface area (Å²) in [6.07, 6.45) is 0. The lowest BCUT2D eigenvalue weighted by Crippen LogP contribution is -1.72. The van der Waals surface area contributed by atoms with Crippen molar-refractivity contribution in [2.24, 2.45) is 0 Å². The lowest BCUT2D eigenvalue weighted by atomic mass is 10.3. The number of hydrogen-bond donors (Lipinski definition) is 0. The smallest absolute Gasteiger partial charge is 0.159 e. The van der Waals surface area contributed by atoms with Crippen LogP contribution in [0.1, 0.15) is 0 Å². The first-order valence-electron chi connectivity index (χ1n) is 3.23. The van der Waals surface area contributed by atoms with E-state index in [4.69, 9.17) is 23.2 Å². The normalized spacial score (nSPS) is 10.7. The van der Waals surface area contributed by atoms with Crippen molar-refractivity contribution in [2.45, 2.75) is 0 Å². The van der Waals surface area contributed by atoms with Crippen LogP contribution in [0, 0.1) is 0 Å². The molecule has 0 saturated heterocycles. The highest BCUT2D eigenvalue weighted by Gasteiger charge is 2.10. The molecule has 2 aromatic heterocycles. The van der Waals surface area contributed by atoms with E-state index in [9.17, 15) is 0 Å². The summed E-state index contributed by atoms with van der Waals surface area (Å²) in [5, 5.41) is 1.94. The Morgan fingerprint density at radius 3 is 2.62 bits per heavy atom. The summed E-state index contributed by atoms with van der Waals surface area (Å²) in [7, 11) is 0. The molecule has 2 heterocycles. The van der Waals surface area contributed by atoms with E-state index in [0.29, 0.717) is 8.67 Å². The van der Waals surface area contributed by atoms with E-state index in [0.717, 1.165) is 15.2 Å². The van der Waals surface area contributed by atoms with Crippen molar-refractivity contribution >= 4 is 61.8 Å². The summed E-state index contributed by atoms with van der Waals surface area (Å²) in [6, 6.07) is 1.83. The second-order valence-corrected chi connectivity index (χ2v) is 6.64. The van der Waals surface area contributed by atoms with Gasteiger partial charge in [0.2, 0.25) is 0 Å². The van der Waals surface area contributed by atoms with Crippen molar-refractivity contribution in [3.8, 4) is 11.3 Å². The summed E-state index contributed by atoms with van der Waals surface area (Å²) in [6.45, 7) is 0. The van der Waals surface area contributed by atoms with Crippen LogP contribution in [0.25, 0.3) is 11.3 Å². The molecule has 0 radical (unpaired) electrons. The second-order valence-electron chi connectivity index (χ2n) is 2.22. The third-order valence-corrected chi connectivity index (χ3v) is 4.26. The van der Waals surface area contributed by atoms with Crippen LogP contribution in [-0.4, -0.2) is 4.98 Å². The maximum Gasteiger partial charge on any atom is 0.159 e. The van der Waals surface area contributed by atoms with E-state index in [2.05, 4.69) is 20.9 Å². The monoisotopic (exact) mass is 313 g/mol. The Bertz CT molecular complexity index is 437. The molecule has 2 rings (SSSR count).